The van der Waals surface area contributed by atoms with E-state index in [0.717, 1.165) is 18.4 Å². The summed E-state index contributed by atoms with van der Waals surface area (Å²) in [4.78, 5) is 2.73. The maximum absolute atomic E-state index is 3.78. The van der Waals surface area contributed by atoms with Crippen molar-refractivity contribution in [3.63, 3.8) is 0 Å². The summed E-state index contributed by atoms with van der Waals surface area (Å²) in [7, 11) is 0. The van der Waals surface area contributed by atoms with Crippen molar-refractivity contribution in [2.45, 2.75) is 51.6 Å². The molecule has 1 aromatic rings. The van der Waals surface area contributed by atoms with Crippen LogP contribution in [-0.2, 0) is 6.54 Å². The number of rotatable bonds is 5. The first kappa shape index (κ1) is 15.1. The molecule has 0 aromatic heterocycles. The van der Waals surface area contributed by atoms with Crippen LogP contribution in [0.4, 0.5) is 0 Å². The Morgan fingerprint density at radius 3 is 2.62 bits per heavy atom. The summed E-state index contributed by atoms with van der Waals surface area (Å²) in [6, 6.07) is 11.5. The van der Waals surface area contributed by atoms with Crippen molar-refractivity contribution in [3.05, 3.63) is 35.9 Å². The largest absolute Gasteiger partial charge is 0.309 e. The quantitative estimate of drug-likeness (QED) is 0.888. The fourth-order valence-electron chi connectivity index (χ4n) is 4.17. The van der Waals surface area contributed by atoms with Gasteiger partial charge in [0.25, 0.3) is 0 Å². The van der Waals surface area contributed by atoms with E-state index >= 15 is 0 Å². The highest BCUT2D eigenvalue weighted by Gasteiger charge is 2.27. The number of piperidine rings is 1. The first-order valence-electron chi connectivity index (χ1n) is 8.79. The van der Waals surface area contributed by atoms with Crippen LogP contribution in [0.2, 0.25) is 0 Å². The lowest BCUT2D eigenvalue weighted by atomic mass is 9.94. The van der Waals surface area contributed by atoms with Crippen molar-refractivity contribution in [2.75, 3.05) is 19.6 Å². The van der Waals surface area contributed by atoms with E-state index < -0.39 is 0 Å². The van der Waals surface area contributed by atoms with Gasteiger partial charge in [-0.3, -0.25) is 0 Å². The van der Waals surface area contributed by atoms with E-state index in [1.165, 1.54) is 57.3 Å². The topological polar surface area (TPSA) is 15.3 Å². The number of hydrogen-bond donors (Lipinski definition) is 1. The van der Waals surface area contributed by atoms with Gasteiger partial charge in [0, 0.05) is 32.2 Å². The van der Waals surface area contributed by atoms with Crippen LogP contribution in [-0.4, -0.2) is 30.6 Å². The molecule has 2 unspecified atom stereocenters. The summed E-state index contributed by atoms with van der Waals surface area (Å²) in [5.74, 6) is 1.80. The zero-order valence-electron chi connectivity index (χ0n) is 13.4. The van der Waals surface area contributed by atoms with Crippen LogP contribution in [0.1, 0.15) is 44.6 Å². The Morgan fingerprint density at radius 2 is 1.86 bits per heavy atom. The van der Waals surface area contributed by atoms with Crippen molar-refractivity contribution in [1.82, 2.24) is 10.2 Å². The van der Waals surface area contributed by atoms with Crippen molar-refractivity contribution >= 4 is 0 Å². The zero-order valence-corrected chi connectivity index (χ0v) is 13.4. The standard InChI is InChI=1S/C19H30N2/c1-16-11-19(20-12-17-7-3-2-4-8-17)15-21(13-16)14-18-9-5-6-10-18/h2-4,7-8,16,18-20H,5-6,9-15H2,1H3. The molecule has 21 heavy (non-hydrogen) atoms. The molecule has 1 heterocycles. The normalized spacial score (nSPS) is 28.0. The molecule has 116 valence electrons. The second kappa shape index (κ2) is 7.42. The van der Waals surface area contributed by atoms with Crippen LogP contribution in [0.3, 0.4) is 0 Å². The molecular formula is C19H30N2. The lowest BCUT2D eigenvalue weighted by molar-refractivity contribution is 0.130. The minimum atomic E-state index is 0.662. The molecule has 1 saturated heterocycles. The number of hydrogen-bond acceptors (Lipinski definition) is 2. The van der Waals surface area contributed by atoms with Gasteiger partial charge in [0.1, 0.15) is 0 Å². The van der Waals surface area contributed by atoms with E-state index in [0.29, 0.717) is 6.04 Å². The Morgan fingerprint density at radius 1 is 1.10 bits per heavy atom. The van der Waals surface area contributed by atoms with Crippen molar-refractivity contribution in [3.8, 4) is 0 Å². The lowest BCUT2D eigenvalue weighted by Crippen LogP contribution is -2.49. The average Bonchev–Trinajstić information content (AvgIpc) is 2.99. The number of nitrogens with zero attached hydrogens (tertiary/aromatic N) is 1. The molecule has 2 atom stereocenters. The fourth-order valence-corrected chi connectivity index (χ4v) is 4.17. The first-order chi connectivity index (χ1) is 10.3. The molecule has 0 radical (unpaired) electrons. The molecule has 0 amide bonds. The molecule has 0 spiro atoms. The Labute approximate surface area is 129 Å². The third-order valence-electron chi connectivity index (χ3n) is 5.16. The van der Waals surface area contributed by atoms with Gasteiger partial charge in [0.05, 0.1) is 0 Å². The molecule has 2 aliphatic rings. The molecule has 2 fully saturated rings. The summed E-state index contributed by atoms with van der Waals surface area (Å²) >= 11 is 0. The number of benzene rings is 1. The summed E-state index contributed by atoms with van der Waals surface area (Å²) < 4.78 is 0. The van der Waals surface area contributed by atoms with Crippen LogP contribution in [0.25, 0.3) is 0 Å². The maximum Gasteiger partial charge on any atom is 0.0208 e. The Hall–Kier alpha value is -0.860. The molecule has 1 N–H and O–H groups in total. The highest BCUT2D eigenvalue weighted by atomic mass is 15.2. The molecule has 3 rings (SSSR count). The fraction of sp³-hybridized carbons (Fsp3) is 0.684. The second-order valence-corrected chi connectivity index (χ2v) is 7.27. The van der Waals surface area contributed by atoms with Gasteiger partial charge in [0.15, 0.2) is 0 Å². The van der Waals surface area contributed by atoms with Gasteiger partial charge in [-0.05, 0) is 36.7 Å². The van der Waals surface area contributed by atoms with E-state index in [9.17, 15) is 0 Å². The summed E-state index contributed by atoms with van der Waals surface area (Å²) in [5.41, 5.74) is 1.40. The third-order valence-corrected chi connectivity index (χ3v) is 5.16. The average molecular weight is 286 g/mol. The summed E-state index contributed by atoms with van der Waals surface area (Å²) in [6.07, 6.45) is 7.18. The maximum atomic E-state index is 3.78. The summed E-state index contributed by atoms with van der Waals surface area (Å²) in [6.45, 7) is 7.31. The third kappa shape index (κ3) is 4.55. The highest BCUT2D eigenvalue weighted by Crippen LogP contribution is 2.27. The monoisotopic (exact) mass is 286 g/mol. The smallest absolute Gasteiger partial charge is 0.0208 e. The predicted octanol–water partition coefficient (Wildman–Crippen LogP) is 3.68. The van der Waals surface area contributed by atoms with Crippen LogP contribution in [0.15, 0.2) is 30.3 Å². The molecule has 2 heteroatoms. The van der Waals surface area contributed by atoms with E-state index in [1.54, 1.807) is 0 Å². The van der Waals surface area contributed by atoms with Gasteiger partial charge in [-0.15, -0.1) is 0 Å². The van der Waals surface area contributed by atoms with Crippen LogP contribution >= 0.6 is 0 Å². The zero-order chi connectivity index (χ0) is 14.5. The molecule has 1 aliphatic heterocycles. The van der Waals surface area contributed by atoms with Gasteiger partial charge in [-0.25, -0.2) is 0 Å². The van der Waals surface area contributed by atoms with E-state index in [1.807, 2.05) is 0 Å². The van der Waals surface area contributed by atoms with E-state index in [-0.39, 0.29) is 0 Å². The molecule has 2 nitrogen and oxygen atoms in total. The van der Waals surface area contributed by atoms with Crippen LogP contribution < -0.4 is 5.32 Å². The molecule has 0 bridgehead atoms. The first-order valence-corrected chi connectivity index (χ1v) is 8.79. The number of nitrogens with one attached hydrogen (secondary N) is 1. The number of likely N-dealkylation sites (tertiary alicyclic amines) is 1. The van der Waals surface area contributed by atoms with Crippen LogP contribution in [0.5, 0.6) is 0 Å². The van der Waals surface area contributed by atoms with Gasteiger partial charge in [0.2, 0.25) is 0 Å². The van der Waals surface area contributed by atoms with Gasteiger partial charge >= 0.3 is 0 Å². The van der Waals surface area contributed by atoms with Crippen molar-refractivity contribution in [1.29, 1.82) is 0 Å². The Kier molecular flexibility index (Phi) is 5.32. The SMILES string of the molecule is CC1CC(NCc2ccccc2)CN(CC2CCCC2)C1. The Bertz CT molecular complexity index is 411. The van der Waals surface area contributed by atoms with E-state index in [4.69, 9.17) is 0 Å². The predicted molar refractivity (Wildman–Crippen MR) is 89.2 cm³/mol. The molecule has 1 saturated carbocycles. The molecular weight excluding hydrogens is 256 g/mol. The van der Waals surface area contributed by atoms with Gasteiger partial charge in [-0.1, -0.05) is 50.1 Å². The second-order valence-electron chi connectivity index (χ2n) is 7.27. The van der Waals surface area contributed by atoms with E-state index in [2.05, 4.69) is 47.5 Å². The van der Waals surface area contributed by atoms with Gasteiger partial charge in [-0.2, -0.15) is 0 Å². The minimum Gasteiger partial charge on any atom is -0.309 e. The van der Waals surface area contributed by atoms with Gasteiger partial charge < -0.3 is 10.2 Å². The molecule has 1 aromatic carbocycles. The highest BCUT2D eigenvalue weighted by molar-refractivity contribution is 5.14. The van der Waals surface area contributed by atoms with Crippen LogP contribution in [0, 0.1) is 11.8 Å². The molecule has 1 aliphatic carbocycles. The minimum absolute atomic E-state index is 0.662. The lowest BCUT2D eigenvalue weighted by Gasteiger charge is -2.38. The summed E-state index contributed by atoms with van der Waals surface area (Å²) in [5, 5.41) is 3.78. The van der Waals surface area contributed by atoms with Crippen molar-refractivity contribution in [2.24, 2.45) is 11.8 Å². The van der Waals surface area contributed by atoms with Crippen molar-refractivity contribution < 1.29 is 0 Å². The Balaban J connectivity index is 1.48.